The van der Waals surface area contributed by atoms with Crippen molar-refractivity contribution in [2.75, 3.05) is 12.4 Å². The van der Waals surface area contributed by atoms with Crippen molar-refractivity contribution < 1.29 is 9.53 Å². The molecule has 3 heterocycles. The number of anilines is 1. The Bertz CT molecular complexity index is 745. The average molecular weight is 356 g/mol. The number of piperidine rings is 1. The zero-order valence-electron chi connectivity index (χ0n) is 14.7. The van der Waals surface area contributed by atoms with Crippen molar-refractivity contribution >= 4 is 23.1 Å². The highest BCUT2D eigenvalue weighted by Crippen LogP contribution is 2.36. The number of hydrogen-bond donors (Lipinski definition) is 1. The Balaban J connectivity index is 1.47. The van der Waals surface area contributed by atoms with Gasteiger partial charge in [0.05, 0.1) is 5.69 Å². The molecule has 132 valence electrons. The number of nitrogens with zero attached hydrogens (tertiary/aromatic N) is 1. The molecule has 2 bridgehead atoms. The summed E-state index contributed by atoms with van der Waals surface area (Å²) < 4.78 is 5.78. The van der Waals surface area contributed by atoms with E-state index in [-0.39, 0.29) is 12.2 Å². The summed E-state index contributed by atoms with van der Waals surface area (Å²) in [5, 5.41) is 5.06. The molecule has 0 aliphatic carbocycles. The van der Waals surface area contributed by atoms with Gasteiger partial charge in [0.25, 0.3) is 0 Å². The second kappa shape index (κ2) is 6.81. The van der Waals surface area contributed by atoms with Gasteiger partial charge in [-0.3, -0.25) is 5.32 Å². The van der Waals surface area contributed by atoms with Crippen LogP contribution in [0.1, 0.15) is 31.2 Å². The van der Waals surface area contributed by atoms with Crippen molar-refractivity contribution in [1.29, 1.82) is 0 Å². The fraction of sp³-hybridized carbons (Fsp3) is 0.450. The third-order valence-corrected chi connectivity index (χ3v) is 6.52. The number of amides is 1. The summed E-state index contributed by atoms with van der Waals surface area (Å²) in [6.45, 7) is 2.02. The third kappa shape index (κ3) is 3.31. The Morgan fingerprint density at radius 3 is 2.64 bits per heavy atom. The van der Waals surface area contributed by atoms with Gasteiger partial charge >= 0.3 is 6.09 Å². The van der Waals surface area contributed by atoms with Crippen LogP contribution < -0.4 is 5.32 Å². The summed E-state index contributed by atoms with van der Waals surface area (Å²) in [6.07, 6.45) is 4.05. The fourth-order valence-electron chi connectivity index (χ4n) is 4.21. The number of carbonyl (C=O) groups is 1. The molecule has 2 aliphatic rings. The lowest BCUT2D eigenvalue weighted by molar-refractivity contribution is 0.0348. The van der Waals surface area contributed by atoms with Crippen molar-refractivity contribution in [1.82, 2.24) is 4.90 Å². The van der Waals surface area contributed by atoms with Crippen LogP contribution in [0.4, 0.5) is 10.5 Å². The number of thiophene rings is 1. The van der Waals surface area contributed by atoms with Gasteiger partial charge in [0, 0.05) is 35.4 Å². The van der Waals surface area contributed by atoms with Crippen LogP contribution in [-0.2, 0) is 4.74 Å². The number of ether oxygens (including phenoxy) is 1. The van der Waals surface area contributed by atoms with Gasteiger partial charge in [-0.2, -0.15) is 0 Å². The lowest BCUT2D eigenvalue weighted by Gasteiger charge is -2.35. The zero-order valence-corrected chi connectivity index (χ0v) is 15.5. The van der Waals surface area contributed by atoms with E-state index in [0.717, 1.165) is 34.5 Å². The first kappa shape index (κ1) is 16.6. The number of aryl methyl sites for hydroxylation is 1. The van der Waals surface area contributed by atoms with Gasteiger partial charge in [-0.05, 0) is 43.8 Å². The summed E-state index contributed by atoms with van der Waals surface area (Å²) in [4.78, 5) is 16.1. The van der Waals surface area contributed by atoms with E-state index < -0.39 is 0 Å². The predicted octanol–water partition coefficient (Wildman–Crippen LogP) is 4.90. The zero-order chi connectivity index (χ0) is 17.4. The Labute approximate surface area is 152 Å². The maximum Gasteiger partial charge on any atom is 0.411 e. The summed E-state index contributed by atoms with van der Waals surface area (Å²) >= 11 is 1.67. The van der Waals surface area contributed by atoms with Crippen LogP contribution in [-0.4, -0.2) is 36.2 Å². The maximum absolute atomic E-state index is 12.5. The number of nitrogens with one attached hydrogen (secondary N) is 1. The second-order valence-corrected chi connectivity index (χ2v) is 8.10. The first-order valence-corrected chi connectivity index (χ1v) is 9.83. The molecule has 1 aromatic carbocycles. The minimum absolute atomic E-state index is 0.0305. The minimum atomic E-state index is -0.332. The Morgan fingerprint density at radius 1 is 1.20 bits per heavy atom. The molecule has 2 aliphatic heterocycles. The van der Waals surface area contributed by atoms with Crippen LogP contribution in [0.3, 0.4) is 0 Å². The van der Waals surface area contributed by atoms with E-state index in [0.29, 0.717) is 12.1 Å². The Morgan fingerprint density at radius 2 is 1.96 bits per heavy atom. The normalized spacial score (nSPS) is 25.8. The van der Waals surface area contributed by atoms with Gasteiger partial charge in [0.1, 0.15) is 6.10 Å². The van der Waals surface area contributed by atoms with E-state index >= 15 is 0 Å². The lowest BCUT2D eigenvalue weighted by Crippen LogP contribution is -2.43. The summed E-state index contributed by atoms with van der Waals surface area (Å²) in [5.74, 6) is 0. The minimum Gasteiger partial charge on any atom is -0.446 e. The summed E-state index contributed by atoms with van der Waals surface area (Å²) in [5.41, 5.74) is 2.95. The molecular weight excluding hydrogens is 332 g/mol. The molecule has 2 unspecified atom stereocenters. The van der Waals surface area contributed by atoms with E-state index in [2.05, 4.69) is 23.3 Å². The molecule has 2 fully saturated rings. The van der Waals surface area contributed by atoms with Crippen molar-refractivity contribution in [2.24, 2.45) is 0 Å². The first-order valence-electron chi connectivity index (χ1n) is 8.95. The van der Waals surface area contributed by atoms with Gasteiger partial charge < -0.3 is 9.64 Å². The predicted molar refractivity (Wildman–Crippen MR) is 102 cm³/mol. The van der Waals surface area contributed by atoms with Crippen molar-refractivity contribution in [3.05, 3.63) is 41.3 Å². The number of benzene rings is 1. The quantitative estimate of drug-likeness (QED) is 0.851. The second-order valence-electron chi connectivity index (χ2n) is 7.15. The van der Waals surface area contributed by atoms with Gasteiger partial charge in [-0.15, -0.1) is 11.3 Å². The molecule has 0 radical (unpaired) electrons. The van der Waals surface area contributed by atoms with E-state index in [4.69, 9.17) is 4.74 Å². The molecule has 5 heteroatoms. The number of rotatable bonds is 3. The van der Waals surface area contributed by atoms with Crippen LogP contribution in [0.5, 0.6) is 0 Å². The molecule has 1 aromatic heterocycles. The van der Waals surface area contributed by atoms with Crippen molar-refractivity contribution in [3.63, 3.8) is 0 Å². The summed E-state index contributed by atoms with van der Waals surface area (Å²) in [7, 11) is 2.19. The molecule has 2 saturated heterocycles. The van der Waals surface area contributed by atoms with Crippen LogP contribution in [0.15, 0.2) is 35.7 Å². The Hall–Kier alpha value is -1.85. The maximum atomic E-state index is 12.5. The molecule has 2 aromatic rings. The molecule has 2 atom stereocenters. The number of para-hydroxylation sites is 1. The first-order chi connectivity index (χ1) is 12.1. The summed E-state index contributed by atoms with van der Waals surface area (Å²) in [6, 6.07) is 11.3. The lowest BCUT2D eigenvalue weighted by atomic mass is 10.0. The van der Waals surface area contributed by atoms with E-state index in [9.17, 15) is 4.79 Å². The van der Waals surface area contributed by atoms with E-state index in [1.807, 2.05) is 36.6 Å². The number of fused-ring (bicyclic) bond motifs is 2. The van der Waals surface area contributed by atoms with Gasteiger partial charge in [-0.1, -0.05) is 24.3 Å². The molecule has 1 N–H and O–H groups in total. The van der Waals surface area contributed by atoms with E-state index in [1.54, 1.807) is 11.3 Å². The standard InChI is InChI=1S/C20H24N2O2S/c1-13-5-3-6-17(18-7-4-10-25-18)19(13)21-20(23)24-16-11-14-8-9-15(12-16)22(14)2/h3-7,10,14-16H,8-9,11-12H2,1-2H3,(H,21,23). The van der Waals surface area contributed by atoms with E-state index in [1.165, 1.54) is 12.8 Å². The van der Waals surface area contributed by atoms with Crippen LogP contribution in [0, 0.1) is 6.92 Å². The highest BCUT2D eigenvalue weighted by atomic mass is 32.1. The molecular formula is C20H24N2O2S. The molecule has 25 heavy (non-hydrogen) atoms. The van der Waals surface area contributed by atoms with Crippen LogP contribution in [0.2, 0.25) is 0 Å². The molecule has 4 nitrogen and oxygen atoms in total. The molecule has 0 saturated carbocycles. The molecule has 0 spiro atoms. The van der Waals surface area contributed by atoms with Crippen molar-refractivity contribution in [3.8, 4) is 10.4 Å². The SMILES string of the molecule is Cc1cccc(-c2cccs2)c1NC(=O)OC1CC2CCC(C1)N2C. The molecule has 4 rings (SSSR count). The average Bonchev–Trinajstić information content (AvgIpc) is 3.17. The molecule has 1 amide bonds. The van der Waals surface area contributed by atoms with Gasteiger partial charge in [0.2, 0.25) is 0 Å². The fourth-order valence-corrected chi connectivity index (χ4v) is 4.97. The number of carbonyl (C=O) groups excluding carboxylic acids is 1. The Kier molecular flexibility index (Phi) is 4.52. The van der Waals surface area contributed by atoms with Crippen molar-refractivity contribution in [2.45, 2.75) is 50.8 Å². The largest absolute Gasteiger partial charge is 0.446 e. The van der Waals surface area contributed by atoms with Gasteiger partial charge in [-0.25, -0.2) is 4.79 Å². The van der Waals surface area contributed by atoms with Gasteiger partial charge in [0.15, 0.2) is 0 Å². The number of hydrogen-bond acceptors (Lipinski definition) is 4. The topological polar surface area (TPSA) is 41.6 Å². The monoisotopic (exact) mass is 356 g/mol. The highest BCUT2D eigenvalue weighted by molar-refractivity contribution is 7.13. The highest BCUT2D eigenvalue weighted by Gasteiger charge is 2.39. The third-order valence-electron chi connectivity index (χ3n) is 5.62. The van der Waals surface area contributed by atoms with Crippen LogP contribution in [0.25, 0.3) is 10.4 Å². The smallest absolute Gasteiger partial charge is 0.411 e. The van der Waals surface area contributed by atoms with Crippen LogP contribution >= 0.6 is 11.3 Å².